The van der Waals surface area contributed by atoms with Gasteiger partial charge in [0.25, 0.3) is 15.9 Å². The minimum atomic E-state index is -3.70. The molecule has 0 aromatic heterocycles. The van der Waals surface area contributed by atoms with Crippen molar-refractivity contribution in [3.8, 4) is 0 Å². The Balaban J connectivity index is 2.12. The Bertz CT molecular complexity index is 799. The second-order valence-corrected chi connectivity index (χ2v) is 7.06. The molecule has 1 N–H and O–H groups in total. The lowest BCUT2D eigenvalue weighted by atomic mass is 10.1. The van der Waals surface area contributed by atoms with Crippen LogP contribution < -0.4 is 5.32 Å². The predicted octanol–water partition coefficient (Wildman–Crippen LogP) is 2.68. The van der Waals surface area contributed by atoms with E-state index in [0.717, 1.165) is 16.5 Å². The second kappa shape index (κ2) is 7.57. The van der Waals surface area contributed by atoms with Gasteiger partial charge in [-0.05, 0) is 48.4 Å². The lowest BCUT2D eigenvalue weighted by Gasteiger charge is -2.14. The number of hydroxylamine groups is 1. The summed E-state index contributed by atoms with van der Waals surface area (Å²) in [7, 11) is -1.11. The van der Waals surface area contributed by atoms with E-state index in [9.17, 15) is 13.2 Å². The molecule has 6 nitrogen and oxygen atoms in total. The van der Waals surface area contributed by atoms with Crippen molar-refractivity contribution in [1.82, 2.24) is 4.47 Å². The van der Waals surface area contributed by atoms with Crippen LogP contribution in [0.2, 0.25) is 0 Å². The maximum Gasteiger partial charge on any atom is 0.264 e. The van der Waals surface area contributed by atoms with Gasteiger partial charge in [-0.15, -0.1) is 0 Å². The Morgan fingerprint density at radius 2 is 1.67 bits per heavy atom. The van der Waals surface area contributed by atoms with Gasteiger partial charge in [0.1, 0.15) is 0 Å². The van der Waals surface area contributed by atoms with Crippen molar-refractivity contribution < 1.29 is 18.0 Å². The van der Waals surface area contributed by atoms with Crippen molar-refractivity contribution in [3.05, 3.63) is 59.7 Å². The number of nitrogens with zero attached hydrogens (tertiary/aromatic N) is 1. The standard InChI is InChI=1S/C17H20N2O4S/c1-4-13-5-7-14(8-6-13)17(20)18-15-9-11-16(12-10-15)24(21,22)19(2)23-3/h5-12H,4H2,1-3H3,(H,18,20). The van der Waals surface area contributed by atoms with E-state index in [0.29, 0.717) is 11.3 Å². The molecule has 0 aliphatic heterocycles. The molecule has 2 aromatic carbocycles. The molecular formula is C17H20N2O4S. The Kier molecular flexibility index (Phi) is 5.71. The highest BCUT2D eigenvalue weighted by atomic mass is 32.2. The molecule has 0 spiro atoms. The largest absolute Gasteiger partial charge is 0.322 e. The number of amides is 1. The third-order valence-electron chi connectivity index (χ3n) is 3.63. The Labute approximate surface area is 142 Å². The first-order chi connectivity index (χ1) is 11.4. The van der Waals surface area contributed by atoms with E-state index in [1.807, 2.05) is 19.1 Å². The molecule has 7 heteroatoms. The van der Waals surface area contributed by atoms with Gasteiger partial charge in [-0.3, -0.25) is 9.63 Å². The van der Waals surface area contributed by atoms with Gasteiger partial charge in [-0.25, -0.2) is 8.42 Å². The van der Waals surface area contributed by atoms with Crippen LogP contribution >= 0.6 is 0 Å². The summed E-state index contributed by atoms with van der Waals surface area (Å²) in [6.45, 7) is 2.05. The summed E-state index contributed by atoms with van der Waals surface area (Å²) < 4.78 is 25.0. The van der Waals surface area contributed by atoms with Gasteiger partial charge in [-0.1, -0.05) is 23.5 Å². The van der Waals surface area contributed by atoms with E-state index in [4.69, 9.17) is 4.84 Å². The number of sulfonamides is 1. The first-order valence-corrected chi connectivity index (χ1v) is 8.86. The average molecular weight is 348 g/mol. The van der Waals surface area contributed by atoms with E-state index >= 15 is 0 Å². The Morgan fingerprint density at radius 3 is 2.17 bits per heavy atom. The molecular weight excluding hydrogens is 328 g/mol. The second-order valence-electron chi connectivity index (χ2n) is 5.13. The lowest BCUT2D eigenvalue weighted by molar-refractivity contribution is -0.0258. The molecule has 0 saturated heterocycles. The lowest BCUT2D eigenvalue weighted by Crippen LogP contribution is -2.25. The van der Waals surface area contributed by atoms with Gasteiger partial charge in [0.05, 0.1) is 12.0 Å². The van der Waals surface area contributed by atoms with Gasteiger partial charge in [0, 0.05) is 18.3 Å². The van der Waals surface area contributed by atoms with E-state index in [2.05, 4.69) is 5.32 Å². The molecule has 0 bridgehead atoms. The molecule has 0 radical (unpaired) electrons. The normalized spacial score (nSPS) is 11.5. The molecule has 0 aliphatic carbocycles. The van der Waals surface area contributed by atoms with Crippen LogP contribution in [0.25, 0.3) is 0 Å². The van der Waals surface area contributed by atoms with Crippen LogP contribution in [0.4, 0.5) is 5.69 Å². The van der Waals surface area contributed by atoms with Gasteiger partial charge < -0.3 is 5.32 Å². The van der Waals surface area contributed by atoms with Crippen LogP contribution in [0.1, 0.15) is 22.8 Å². The third kappa shape index (κ3) is 4.00. The highest BCUT2D eigenvalue weighted by Crippen LogP contribution is 2.18. The zero-order chi connectivity index (χ0) is 17.7. The molecule has 0 saturated carbocycles. The van der Waals surface area contributed by atoms with E-state index < -0.39 is 10.0 Å². The van der Waals surface area contributed by atoms with Crippen LogP contribution in [0, 0.1) is 0 Å². The predicted molar refractivity (Wildman–Crippen MR) is 92.2 cm³/mol. The fraction of sp³-hybridized carbons (Fsp3) is 0.235. The van der Waals surface area contributed by atoms with Crippen molar-refractivity contribution in [1.29, 1.82) is 0 Å². The number of aryl methyl sites for hydroxylation is 1. The zero-order valence-corrected chi connectivity index (χ0v) is 14.6. The van der Waals surface area contributed by atoms with Crippen molar-refractivity contribution >= 4 is 21.6 Å². The Hall–Kier alpha value is -2.22. The fourth-order valence-electron chi connectivity index (χ4n) is 2.05. The number of hydrogen-bond donors (Lipinski definition) is 1. The van der Waals surface area contributed by atoms with Crippen molar-refractivity contribution in [3.63, 3.8) is 0 Å². The zero-order valence-electron chi connectivity index (χ0n) is 13.8. The van der Waals surface area contributed by atoms with Crippen LogP contribution in [-0.4, -0.2) is 33.0 Å². The first-order valence-electron chi connectivity index (χ1n) is 7.42. The molecule has 2 rings (SSSR count). The number of nitrogens with one attached hydrogen (secondary N) is 1. The summed E-state index contributed by atoms with van der Waals surface area (Å²) in [6, 6.07) is 13.3. The summed E-state index contributed by atoms with van der Waals surface area (Å²) in [6.07, 6.45) is 0.910. The summed E-state index contributed by atoms with van der Waals surface area (Å²) in [5.74, 6) is -0.248. The molecule has 0 atom stereocenters. The highest BCUT2D eigenvalue weighted by Gasteiger charge is 2.20. The summed E-state index contributed by atoms with van der Waals surface area (Å²) in [4.78, 5) is 17.0. The number of anilines is 1. The molecule has 0 heterocycles. The molecule has 0 aliphatic rings. The van der Waals surface area contributed by atoms with Crippen LogP contribution in [-0.2, 0) is 21.3 Å². The monoisotopic (exact) mass is 348 g/mol. The number of carbonyl (C=O) groups excluding carboxylic acids is 1. The van der Waals surface area contributed by atoms with Crippen LogP contribution in [0.15, 0.2) is 53.4 Å². The van der Waals surface area contributed by atoms with Crippen molar-refractivity contribution in [2.45, 2.75) is 18.2 Å². The van der Waals surface area contributed by atoms with Crippen molar-refractivity contribution in [2.75, 3.05) is 19.5 Å². The molecule has 1 amide bonds. The summed E-state index contributed by atoms with van der Waals surface area (Å²) >= 11 is 0. The summed E-state index contributed by atoms with van der Waals surface area (Å²) in [5, 5.41) is 2.74. The molecule has 128 valence electrons. The first kappa shape index (κ1) is 18.1. The molecule has 2 aromatic rings. The minimum Gasteiger partial charge on any atom is -0.322 e. The summed E-state index contributed by atoms with van der Waals surface area (Å²) in [5.41, 5.74) is 2.21. The topological polar surface area (TPSA) is 75.7 Å². The third-order valence-corrected chi connectivity index (χ3v) is 5.32. The smallest absolute Gasteiger partial charge is 0.264 e. The quantitative estimate of drug-likeness (QED) is 0.815. The SMILES string of the molecule is CCc1ccc(C(=O)Nc2ccc(S(=O)(=O)N(C)OC)cc2)cc1. The number of carbonyl (C=O) groups is 1. The van der Waals surface area contributed by atoms with Gasteiger partial charge in [0.2, 0.25) is 0 Å². The van der Waals surface area contributed by atoms with Crippen LogP contribution in [0.3, 0.4) is 0 Å². The average Bonchev–Trinajstić information content (AvgIpc) is 2.61. The minimum absolute atomic E-state index is 0.0807. The maximum atomic E-state index is 12.2. The molecule has 0 unspecified atom stereocenters. The Morgan fingerprint density at radius 1 is 1.08 bits per heavy atom. The van der Waals surface area contributed by atoms with Gasteiger partial charge >= 0.3 is 0 Å². The van der Waals surface area contributed by atoms with Crippen molar-refractivity contribution in [2.24, 2.45) is 0 Å². The van der Waals surface area contributed by atoms with E-state index in [1.54, 1.807) is 12.1 Å². The number of benzene rings is 2. The molecule has 0 fully saturated rings. The van der Waals surface area contributed by atoms with Crippen LogP contribution in [0.5, 0.6) is 0 Å². The van der Waals surface area contributed by atoms with Gasteiger partial charge in [0.15, 0.2) is 0 Å². The van der Waals surface area contributed by atoms with E-state index in [-0.39, 0.29) is 10.8 Å². The maximum absolute atomic E-state index is 12.2. The van der Waals surface area contributed by atoms with Gasteiger partial charge in [-0.2, -0.15) is 0 Å². The fourth-order valence-corrected chi connectivity index (χ4v) is 3.03. The molecule has 24 heavy (non-hydrogen) atoms. The van der Waals surface area contributed by atoms with E-state index in [1.165, 1.54) is 38.4 Å². The number of rotatable bonds is 6. The highest BCUT2D eigenvalue weighted by molar-refractivity contribution is 7.89. The number of hydrogen-bond acceptors (Lipinski definition) is 4.